The number of thiazole rings is 1. The molecule has 0 fully saturated rings. The minimum absolute atomic E-state index is 0.214. The van der Waals surface area contributed by atoms with Crippen LogP contribution >= 0.6 is 23.6 Å². The monoisotopic (exact) mass is 415 g/mol. The quantitative estimate of drug-likeness (QED) is 0.615. The van der Waals surface area contributed by atoms with Gasteiger partial charge in [-0.25, -0.2) is 0 Å². The number of hydrogen-bond donors (Lipinski definition) is 2. The van der Waals surface area contributed by atoms with Gasteiger partial charge in [-0.2, -0.15) is 0 Å². The van der Waals surface area contributed by atoms with Gasteiger partial charge in [-0.3, -0.25) is 4.79 Å². The summed E-state index contributed by atoms with van der Waals surface area (Å²) in [4.78, 5) is 13.1. The third-order valence-corrected chi connectivity index (χ3v) is 5.74. The summed E-state index contributed by atoms with van der Waals surface area (Å²) < 4.78 is 18.2. The molecule has 1 aliphatic heterocycles. The van der Waals surface area contributed by atoms with Gasteiger partial charge in [-0.15, -0.1) is 0 Å². The molecule has 0 bridgehead atoms. The third kappa shape index (κ3) is 3.41. The molecule has 0 atom stereocenters. The number of hydrogen-bond acceptors (Lipinski definition) is 7. The zero-order valence-electron chi connectivity index (χ0n) is 14.9. The molecule has 3 aromatic rings. The first-order valence-electron chi connectivity index (χ1n) is 8.39. The van der Waals surface area contributed by atoms with Crippen molar-refractivity contribution < 1.29 is 19.0 Å². The smallest absolute Gasteiger partial charge is 0.269 e. The van der Waals surface area contributed by atoms with Crippen LogP contribution in [0.3, 0.4) is 0 Å². The molecule has 4 rings (SSSR count). The highest BCUT2D eigenvalue weighted by Gasteiger charge is 2.20. The van der Waals surface area contributed by atoms with Gasteiger partial charge in [0, 0.05) is 0 Å². The predicted octanol–water partition coefficient (Wildman–Crippen LogP) is 3.90. The average Bonchev–Trinajstić information content (AvgIpc) is 3.27. The van der Waals surface area contributed by atoms with Crippen LogP contribution in [0.25, 0.3) is 0 Å². The Kier molecular flexibility index (Phi) is 4.93. The Morgan fingerprint density at radius 1 is 1.29 bits per heavy atom. The number of nitrogens with zero attached hydrogens (tertiary/aromatic N) is 1. The number of nitrogens with one attached hydrogen (secondary N) is 1. The summed E-state index contributed by atoms with van der Waals surface area (Å²) in [5.41, 5.74) is 7.76. The zero-order valence-corrected chi connectivity index (χ0v) is 16.6. The van der Waals surface area contributed by atoms with E-state index in [1.165, 1.54) is 11.3 Å². The number of carbonyl (C=O) groups excluding carboxylic acids is 1. The molecule has 0 saturated carbocycles. The van der Waals surface area contributed by atoms with E-state index in [9.17, 15) is 4.79 Å². The molecule has 0 spiro atoms. The fourth-order valence-corrected chi connectivity index (χ4v) is 4.10. The molecular formula is C19H17N3O4S2. The van der Waals surface area contributed by atoms with Crippen molar-refractivity contribution in [3.05, 3.63) is 56.9 Å². The van der Waals surface area contributed by atoms with Crippen molar-refractivity contribution in [3.8, 4) is 17.2 Å². The second-order valence-electron chi connectivity index (χ2n) is 6.01. The van der Waals surface area contributed by atoms with E-state index in [2.05, 4.69) is 5.32 Å². The number of carbonyl (C=O) groups is 1. The number of rotatable bonds is 5. The Balaban J connectivity index is 1.58. The van der Waals surface area contributed by atoms with Crippen molar-refractivity contribution >= 4 is 41.0 Å². The van der Waals surface area contributed by atoms with E-state index in [-0.39, 0.29) is 12.7 Å². The molecule has 2 aromatic carbocycles. The normalized spacial score (nSPS) is 12.0. The number of fused-ring (bicyclic) bond motifs is 1. The highest BCUT2D eigenvalue weighted by Crippen LogP contribution is 2.33. The SMILES string of the molecule is COc1ccccc1NC(=O)c1sc(=S)n(Cc2ccc3c(c2)OCO3)c1N. The van der Waals surface area contributed by atoms with Crippen LogP contribution in [0, 0.1) is 3.95 Å². The molecule has 0 aliphatic carbocycles. The van der Waals surface area contributed by atoms with E-state index in [0.29, 0.717) is 44.1 Å². The number of nitrogens with two attached hydrogens (primary N) is 1. The van der Waals surface area contributed by atoms with Gasteiger partial charge >= 0.3 is 0 Å². The van der Waals surface area contributed by atoms with Gasteiger partial charge in [0.25, 0.3) is 5.91 Å². The number of methoxy groups -OCH3 is 1. The van der Waals surface area contributed by atoms with E-state index in [4.69, 9.17) is 32.2 Å². The maximum atomic E-state index is 12.7. The zero-order chi connectivity index (χ0) is 19.7. The van der Waals surface area contributed by atoms with Crippen LogP contribution in [0.5, 0.6) is 17.2 Å². The summed E-state index contributed by atoms with van der Waals surface area (Å²) in [6.45, 7) is 0.645. The minimum Gasteiger partial charge on any atom is -0.495 e. The van der Waals surface area contributed by atoms with Crippen molar-refractivity contribution in [2.75, 3.05) is 25.0 Å². The van der Waals surface area contributed by atoms with Crippen LogP contribution in [-0.4, -0.2) is 24.4 Å². The van der Waals surface area contributed by atoms with Gasteiger partial charge < -0.3 is 29.8 Å². The molecule has 144 valence electrons. The second kappa shape index (κ2) is 7.53. The molecule has 1 aromatic heterocycles. The van der Waals surface area contributed by atoms with Crippen LogP contribution in [-0.2, 0) is 6.54 Å². The van der Waals surface area contributed by atoms with Crippen LogP contribution in [0.1, 0.15) is 15.2 Å². The van der Waals surface area contributed by atoms with Gasteiger partial charge in [-0.1, -0.05) is 29.5 Å². The number of aromatic nitrogens is 1. The fourth-order valence-electron chi connectivity index (χ4n) is 2.88. The highest BCUT2D eigenvalue weighted by molar-refractivity contribution is 7.73. The molecule has 1 aliphatic rings. The maximum absolute atomic E-state index is 12.7. The topological polar surface area (TPSA) is 87.7 Å². The van der Waals surface area contributed by atoms with Gasteiger partial charge in [0.1, 0.15) is 16.4 Å². The van der Waals surface area contributed by atoms with Crippen LogP contribution in [0.15, 0.2) is 42.5 Å². The van der Waals surface area contributed by atoms with E-state index < -0.39 is 0 Å². The van der Waals surface area contributed by atoms with Crippen molar-refractivity contribution in [2.45, 2.75) is 6.54 Å². The van der Waals surface area contributed by atoms with Crippen molar-refractivity contribution in [1.29, 1.82) is 0 Å². The largest absolute Gasteiger partial charge is 0.495 e. The third-order valence-electron chi connectivity index (χ3n) is 4.27. The summed E-state index contributed by atoms with van der Waals surface area (Å²) in [7, 11) is 1.55. The summed E-state index contributed by atoms with van der Waals surface area (Å²) in [6.07, 6.45) is 0. The maximum Gasteiger partial charge on any atom is 0.269 e. The van der Waals surface area contributed by atoms with Crippen LogP contribution in [0.4, 0.5) is 11.5 Å². The first kappa shape index (κ1) is 18.3. The predicted molar refractivity (Wildman–Crippen MR) is 110 cm³/mol. The lowest BCUT2D eigenvalue weighted by Gasteiger charge is -2.10. The summed E-state index contributed by atoms with van der Waals surface area (Å²) in [5.74, 6) is 1.95. The molecule has 28 heavy (non-hydrogen) atoms. The van der Waals surface area contributed by atoms with E-state index >= 15 is 0 Å². The van der Waals surface area contributed by atoms with Gasteiger partial charge in [0.05, 0.1) is 19.3 Å². The number of para-hydroxylation sites is 2. The molecule has 9 heteroatoms. The van der Waals surface area contributed by atoms with Gasteiger partial charge in [0.2, 0.25) is 6.79 Å². The summed E-state index contributed by atoms with van der Waals surface area (Å²) >= 11 is 6.60. The number of ether oxygens (including phenoxy) is 3. The molecule has 0 unspecified atom stereocenters. The second-order valence-corrected chi connectivity index (χ2v) is 7.65. The lowest BCUT2D eigenvalue weighted by Crippen LogP contribution is -2.14. The summed E-state index contributed by atoms with van der Waals surface area (Å²) in [6, 6.07) is 12.8. The van der Waals surface area contributed by atoms with Gasteiger partial charge in [-0.05, 0) is 42.0 Å². The van der Waals surface area contributed by atoms with E-state index in [1.807, 2.05) is 30.3 Å². The van der Waals surface area contributed by atoms with Crippen LogP contribution in [0.2, 0.25) is 0 Å². The van der Waals surface area contributed by atoms with Crippen molar-refractivity contribution in [2.24, 2.45) is 0 Å². The number of amides is 1. The molecule has 2 heterocycles. The highest BCUT2D eigenvalue weighted by atomic mass is 32.1. The van der Waals surface area contributed by atoms with Crippen molar-refractivity contribution in [1.82, 2.24) is 4.57 Å². The molecule has 0 radical (unpaired) electrons. The summed E-state index contributed by atoms with van der Waals surface area (Å²) in [5, 5.41) is 2.83. The van der Waals surface area contributed by atoms with Crippen molar-refractivity contribution in [3.63, 3.8) is 0 Å². The van der Waals surface area contributed by atoms with Gasteiger partial charge in [0.15, 0.2) is 15.5 Å². The Morgan fingerprint density at radius 2 is 2.07 bits per heavy atom. The molecule has 7 nitrogen and oxygen atoms in total. The number of benzene rings is 2. The molecule has 1 amide bonds. The van der Waals surface area contributed by atoms with E-state index in [1.54, 1.807) is 23.8 Å². The van der Waals surface area contributed by atoms with Crippen LogP contribution < -0.4 is 25.3 Å². The average molecular weight is 415 g/mol. The first-order chi connectivity index (χ1) is 13.6. The van der Waals surface area contributed by atoms with E-state index in [0.717, 1.165) is 5.56 Å². The Labute approximate surface area is 170 Å². The fraction of sp³-hybridized carbons (Fsp3) is 0.158. The standard InChI is InChI=1S/C19H17N3O4S2/c1-24-13-5-3-2-4-12(13)21-18(23)16-17(20)22(19(27)28-16)9-11-6-7-14-15(8-11)26-10-25-14/h2-8H,9-10,20H2,1H3,(H,21,23). The minimum atomic E-state index is -0.331. The number of anilines is 2. The molecular weight excluding hydrogens is 398 g/mol. The lowest BCUT2D eigenvalue weighted by atomic mass is 10.2. The first-order valence-corrected chi connectivity index (χ1v) is 9.61. The number of nitrogen functional groups attached to an aromatic ring is 1. The Morgan fingerprint density at radius 3 is 2.89 bits per heavy atom. The Hall–Kier alpha value is -3.04. The molecule has 3 N–H and O–H groups in total. The lowest BCUT2D eigenvalue weighted by molar-refractivity contribution is 0.103. The Bertz CT molecular complexity index is 1110. The molecule has 0 saturated heterocycles.